The summed E-state index contributed by atoms with van der Waals surface area (Å²) in [5.41, 5.74) is 4.89. The number of sulfonamides is 1. The van der Waals surface area contributed by atoms with Crippen LogP contribution in [0.4, 0.5) is 4.39 Å². The third-order valence-corrected chi connectivity index (χ3v) is 8.98. The first kappa shape index (κ1) is 24.6. The minimum atomic E-state index is -3.18. The molecule has 8 nitrogen and oxygen atoms in total. The van der Waals surface area contributed by atoms with Gasteiger partial charge < -0.3 is 10.1 Å². The molecule has 190 valence electrons. The predicted octanol–water partition coefficient (Wildman–Crippen LogP) is 4.41. The highest BCUT2D eigenvalue weighted by Crippen LogP contribution is 2.35. The normalized spacial score (nSPS) is 15.7. The third kappa shape index (κ3) is 4.56. The van der Waals surface area contributed by atoms with E-state index < -0.39 is 22.4 Å². The predicted molar refractivity (Wildman–Crippen MR) is 137 cm³/mol. The number of nitrogens with zero attached hydrogens (tertiary/aromatic N) is 4. The summed E-state index contributed by atoms with van der Waals surface area (Å²) in [5, 5.41) is 15.2. The van der Waals surface area contributed by atoms with Crippen molar-refractivity contribution in [1.82, 2.24) is 24.1 Å². The molecule has 4 heterocycles. The number of halogens is 1. The van der Waals surface area contributed by atoms with Crippen LogP contribution in [0.5, 0.6) is 0 Å². The molecule has 0 radical (unpaired) electrons. The average molecular weight is 512 g/mol. The number of aliphatic hydroxyl groups excluding tert-OH is 1. The molecule has 0 unspecified atom stereocenters. The zero-order valence-corrected chi connectivity index (χ0v) is 21.2. The highest BCUT2D eigenvalue weighted by Gasteiger charge is 2.28. The standard InChI is InChI=1S/C26H30FN5O3S/c1-3-8-36(34,35)31-6-4-20(5-7-31)32-15-19(13-30-32)18-11-22-23(14-29-26(22)28-12-18)21-9-17(2)10-25(27)24(21)16-33/h9-15,20,33H,3-8,16H2,1-2H3,(H,28,29). The smallest absolute Gasteiger partial charge is 0.214 e. The summed E-state index contributed by atoms with van der Waals surface area (Å²) in [4.78, 5) is 7.71. The second kappa shape index (κ2) is 9.76. The molecular formula is C26H30FN5O3S. The fraction of sp³-hybridized carbons (Fsp3) is 0.385. The van der Waals surface area contributed by atoms with Crippen molar-refractivity contribution in [2.24, 2.45) is 0 Å². The van der Waals surface area contributed by atoms with Gasteiger partial charge in [-0.05, 0) is 49.4 Å². The molecule has 0 atom stereocenters. The van der Waals surface area contributed by atoms with Crippen LogP contribution in [0.3, 0.4) is 0 Å². The monoisotopic (exact) mass is 511 g/mol. The van der Waals surface area contributed by atoms with Crippen molar-refractivity contribution < 1.29 is 17.9 Å². The van der Waals surface area contributed by atoms with Crippen LogP contribution in [-0.4, -0.2) is 56.4 Å². The molecule has 1 aliphatic rings. The van der Waals surface area contributed by atoms with Crippen LogP contribution in [0.2, 0.25) is 0 Å². The van der Waals surface area contributed by atoms with Gasteiger partial charge in [0.15, 0.2) is 0 Å². The number of piperidine rings is 1. The Hall–Kier alpha value is -3.08. The van der Waals surface area contributed by atoms with E-state index in [0.29, 0.717) is 43.6 Å². The van der Waals surface area contributed by atoms with Gasteiger partial charge in [0.05, 0.1) is 24.6 Å². The molecule has 0 amide bonds. The van der Waals surface area contributed by atoms with Gasteiger partial charge in [0.2, 0.25) is 10.0 Å². The van der Waals surface area contributed by atoms with Gasteiger partial charge >= 0.3 is 0 Å². The Morgan fingerprint density at radius 1 is 1.14 bits per heavy atom. The molecule has 1 aliphatic heterocycles. The van der Waals surface area contributed by atoms with Gasteiger partial charge in [-0.1, -0.05) is 13.0 Å². The van der Waals surface area contributed by atoms with E-state index in [2.05, 4.69) is 15.1 Å². The number of nitrogens with one attached hydrogen (secondary N) is 1. The first-order valence-corrected chi connectivity index (χ1v) is 13.8. The Balaban J connectivity index is 1.41. The van der Waals surface area contributed by atoms with Crippen molar-refractivity contribution in [1.29, 1.82) is 0 Å². The first-order chi connectivity index (χ1) is 17.3. The average Bonchev–Trinajstić information content (AvgIpc) is 3.51. The van der Waals surface area contributed by atoms with Gasteiger partial charge in [-0.3, -0.25) is 4.68 Å². The minimum Gasteiger partial charge on any atom is -0.392 e. The number of rotatable bonds is 7. The van der Waals surface area contributed by atoms with E-state index in [1.165, 1.54) is 6.07 Å². The van der Waals surface area contributed by atoms with Crippen molar-refractivity contribution in [3.05, 3.63) is 59.9 Å². The number of aliphatic hydroxyl groups is 1. The quantitative estimate of drug-likeness (QED) is 0.383. The zero-order chi connectivity index (χ0) is 25.4. The van der Waals surface area contributed by atoms with Crippen LogP contribution < -0.4 is 0 Å². The summed E-state index contributed by atoms with van der Waals surface area (Å²) in [5.74, 6) is -0.240. The van der Waals surface area contributed by atoms with Gasteiger partial charge in [0.1, 0.15) is 11.5 Å². The van der Waals surface area contributed by atoms with Crippen LogP contribution >= 0.6 is 0 Å². The second-order valence-corrected chi connectivity index (χ2v) is 11.5. The van der Waals surface area contributed by atoms with Crippen LogP contribution in [0.15, 0.2) is 43.0 Å². The van der Waals surface area contributed by atoms with E-state index in [-0.39, 0.29) is 17.4 Å². The maximum absolute atomic E-state index is 14.5. The highest BCUT2D eigenvalue weighted by atomic mass is 32.2. The lowest BCUT2D eigenvalue weighted by molar-refractivity contribution is 0.261. The van der Waals surface area contributed by atoms with E-state index in [1.54, 1.807) is 22.9 Å². The SMILES string of the molecule is CCCS(=O)(=O)N1CCC(n2cc(-c3cnc4[nH]cc(-c5cc(C)cc(F)c5CO)c4c3)cn2)CC1. The Morgan fingerprint density at radius 3 is 2.64 bits per heavy atom. The van der Waals surface area contributed by atoms with Crippen LogP contribution in [0.1, 0.15) is 43.4 Å². The van der Waals surface area contributed by atoms with Gasteiger partial charge in [0.25, 0.3) is 0 Å². The number of aryl methyl sites for hydroxylation is 1. The summed E-state index contributed by atoms with van der Waals surface area (Å²) in [7, 11) is -3.18. The molecule has 1 aromatic carbocycles. The Labute approximate surface area is 209 Å². The van der Waals surface area contributed by atoms with Crippen LogP contribution in [0.25, 0.3) is 33.3 Å². The highest BCUT2D eigenvalue weighted by molar-refractivity contribution is 7.89. The fourth-order valence-electron chi connectivity index (χ4n) is 5.02. The first-order valence-electron chi connectivity index (χ1n) is 12.2. The molecule has 10 heteroatoms. The van der Waals surface area contributed by atoms with E-state index in [4.69, 9.17) is 0 Å². The number of hydrogen-bond donors (Lipinski definition) is 2. The number of benzene rings is 1. The van der Waals surface area contributed by atoms with Crippen molar-refractivity contribution in [3.63, 3.8) is 0 Å². The largest absolute Gasteiger partial charge is 0.392 e. The van der Waals surface area contributed by atoms with Gasteiger partial charge in [0, 0.05) is 59.3 Å². The molecule has 36 heavy (non-hydrogen) atoms. The molecule has 0 aliphatic carbocycles. The molecular weight excluding hydrogens is 481 g/mol. The molecule has 4 aromatic rings. The lowest BCUT2D eigenvalue weighted by Gasteiger charge is -2.31. The van der Waals surface area contributed by atoms with E-state index >= 15 is 0 Å². The van der Waals surface area contributed by atoms with E-state index in [0.717, 1.165) is 27.6 Å². The van der Waals surface area contributed by atoms with E-state index in [9.17, 15) is 17.9 Å². The molecule has 0 spiro atoms. The summed E-state index contributed by atoms with van der Waals surface area (Å²) in [6.07, 6.45) is 9.37. The van der Waals surface area contributed by atoms with Crippen molar-refractivity contribution in [2.75, 3.05) is 18.8 Å². The Kier molecular flexibility index (Phi) is 6.67. The topological polar surface area (TPSA) is 104 Å². The zero-order valence-electron chi connectivity index (χ0n) is 20.4. The fourth-order valence-corrected chi connectivity index (χ4v) is 6.56. The molecule has 5 rings (SSSR count). The Morgan fingerprint density at radius 2 is 1.92 bits per heavy atom. The lowest BCUT2D eigenvalue weighted by atomic mass is 9.96. The number of aromatic nitrogens is 4. The van der Waals surface area contributed by atoms with E-state index in [1.807, 2.05) is 36.9 Å². The van der Waals surface area contributed by atoms with Gasteiger partial charge in [-0.25, -0.2) is 22.1 Å². The van der Waals surface area contributed by atoms with Crippen molar-refractivity contribution >= 4 is 21.1 Å². The Bertz CT molecular complexity index is 1500. The van der Waals surface area contributed by atoms with Gasteiger partial charge in [-0.15, -0.1) is 0 Å². The second-order valence-electron chi connectivity index (χ2n) is 9.41. The molecule has 2 N–H and O–H groups in total. The number of fused-ring (bicyclic) bond motifs is 1. The summed E-state index contributed by atoms with van der Waals surface area (Å²) in [6.45, 7) is 4.31. The summed E-state index contributed by atoms with van der Waals surface area (Å²) < 4.78 is 42.8. The maximum Gasteiger partial charge on any atom is 0.214 e. The van der Waals surface area contributed by atoms with Gasteiger partial charge in [-0.2, -0.15) is 5.10 Å². The molecule has 0 saturated carbocycles. The number of H-pyrrole nitrogens is 1. The van der Waals surface area contributed by atoms with Crippen molar-refractivity contribution in [3.8, 4) is 22.3 Å². The summed E-state index contributed by atoms with van der Waals surface area (Å²) >= 11 is 0. The summed E-state index contributed by atoms with van der Waals surface area (Å²) in [6, 6.07) is 5.42. The van der Waals surface area contributed by atoms with Crippen LogP contribution in [-0.2, 0) is 16.6 Å². The molecule has 3 aromatic heterocycles. The van der Waals surface area contributed by atoms with Crippen LogP contribution in [0, 0.1) is 12.7 Å². The minimum absolute atomic E-state index is 0.133. The van der Waals surface area contributed by atoms with Crippen molar-refractivity contribution in [2.45, 2.75) is 45.8 Å². The molecule has 1 saturated heterocycles. The third-order valence-electron chi connectivity index (χ3n) is 6.91. The maximum atomic E-state index is 14.5. The molecule has 1 fully saturated rings. The number of hydrogen-bond acceptors (Lipinski definition) is 5. The lowest BCUT2D eigenvalue weighted by Crippen LogP contribution is -2.40. The number of aromatic amines is 1. The number of pyridine rings is 1. The molecule has 0 bridgehead atoms.